The summed E-state index contributed by atoms with van der Waals surface area (Å²) >= 11 is 0. The predicted molar refractivity (Wildman–Crippen MR) is 34.9 cm³/mol. The average Bonchev–Trinajstić information content (AvgIpc) is 1.97. The van der Waals surface area contributed by atoms with Crippen molar-refractivity contribution in [1.82, 2.24) is 5.32 Å². The van der Waals surface area contributed by atoms with E-state index in [1.54, 1.807) is 0 Å². The van der Waals surface area contributed by atoms with Crippen molar-refractivity contribution in [3.8, 4) is 0 Å². The van der Waals surface area contributed by atoms with E-state index in [1.165, 1.54) is 6.41 Å². The molecule has 0 bridgehead atoms. The first-order valence-electron chi connectivity index (χ1n) is 3.07. The molecule has 0 saturated carbocycles. The molecule has 4 nitrogen and oxygen atoms in total. The second-order valence-electron chi connectivity index (χ2n) is 1.68. The summed E-state index contributed by atoms with van der Waals surface area (Å²) in [5.74, 6) is -0.426. The van der Waals surface area contributed by atoms with E-state index in [9.17, 15) is 9.59 Å². The van der Waals surface area contributed by atoms with Gasteiger partial charge in [0.15, 0.2) is 0 Å². The summed E-state index contributed by atoms with van der Waals surface area (Å²) in [6.45, 7) is 2.20. The Kier molecular flexibility index (Phi) is 5.42. The number of nitrogens with one attached hydrogen (secondary N) is 1. The van der Waals surface area contributed by atoms with Crippen LogP contribution in [0.5, 0.6) is 0 Å². The summed E-state index contributed by atoms with van der Waals surface area (Å²) in [6, 6.07) is 0. The molecule has 0 heterocycles. The van der Waals surface area contributed by atoms with Gasteiger partial charge in [-0.3, -0.25) is 9.59 Å². The lowest BCUT2D eigenvalue weighted by atomic mass is 10.5. The number of carbonyl (C=O) groups is 1. The molecule has 0 fully saturated rings. The summed E-state index contributed by atoms with van der Waals surface area (Å²) in [7, 11) is 0. The van der Waals surface area contributed by atoms with Crippen molar-refractivity contribution in [2.75, 3.05) is 13.2 Å². The molecule has 10 heavy (non-hydrogen) atoms. The fraction of sp³-hybridized carbons (Fsp3) is 0.667. The molecular formula is C6H10NO3. The third-order valence-corrected chi connectivity index (χ3v) is 0.772. The van der Waals surface area contributed by atoms with Crippen molar-refractivity contribution in [1.29, 1.82) is 0 Å². The second-order valence-corrected chi connectivity index (χ2v) is 1.68. The van der Waals surface area contributed by atoms with E-state index >= 15 is 0 Å². The number of carbonyl (C=O) groups excluding carboxylic acids is 2. The van der Waals surface area contributed by atoms with E-state index in [4.69, 9.17) is 0 Å². The molecule has 1 amide bonds. The zero-order valence-corrected chi connectivity index (χ0v) is 5.85. The molecule has 0 aliphatic carbocycles. The Morgan fingerprint density at radius 3 is 2.90 bits per heavy atom. The molecule has 0 aromatic rings. The first-order valence-corrected chi connectivity index (χ1v) is 3.07. The van der Waals surface area contributed by atoms with Crippen molar-refractivity contribution < 1.29 is 14.3 Å². The van der Waals surface area contributed by atoms with E-state index in [0.29, 0.717) is 6.61 Å². The SMILES string of the molecule is CCCOC(=O)CN[C]=O. The number of esters is 1. The minimum atomic E-state index is -0.426. The van der Waals surface area contributed by atoms with Crippen LogP contribution in [0.4, 0.5) is 0 Å². The van der Waals surface area contributed by atoms with Gasteiger partial charge < -0.3 is 10.1 Å². The van der Waals surface area contributed by atoms with Crippen LogP contribution in [0.1, 0.15) is 13.3 Å². The Hall–Kier alpha value is -1.06. The summed E-state index contributed by atoms with van der Waals surface area (Å²) in [4.78, 5) is 20.0. The molecule has 57 valence electrons. The van der Waals surface area contributed by atoms with E-state index in [-0.39, 0.29) is 6.54 Å². The highest BCUT2D eigenvalue weighted by Gasteiger charge is 1.98. The third kappa shape index (κ3) is 5.08. The first-order chi connectivity index (χ1) is 4.81. The van der Waals surface area contributed by atoms with Gasteiger partial charge in [0.05, 0.1) is 6.61 Å². The van der Waals surface area contributed by atoms with Crippen molar-refractivity contribution in [3.05, 3.63) is 0 Å². The van der Waals surface area contributed by atoms with Gasteiger partial charge in [-0.2, -0.15) is 0 Å². The van der Waals surface area contributed by atoms with E-state index in [1.807, 2.05) is 6.92 Å². The minimum Gasteiger partial charge on any atom is -0.464 e. The molecule has 1 radical (unpaired) electrons. The summed E-state index contributed by atoms with van der Waals surface area (Å²) in [6.07, 6.45) is 2.16. The van der Waals surface area contributed by atoms with Gasteiger partial charge in [0.25, 0.3) is 0 Å². The number of amides is 1. The smallest absolute Gasteiger partial charge is 0.325 e. The van der Waals surface area contributed by atoms with Gasteiger partial charge in [0.2, 0.25) is 0 Å². The molecule has 0 aliphatic rings. The quantitative estimate of drug-likeness (QED) is 0.422. The molecule has 0 aromatic heterocycles. The van der Waals surface area contributed by atoms with Gasteiger partial charge in [-0.15, -0.1) is 0 Å². The zero-order valence-electron chi connectivity index (χ0n) is 5.85. The Balaban J connectivity index is 3.16. The number of rotatable bonds is 5. The van der Waals surface area contributed by atoms with Crippen LogP contribution in [0.15, 0.2) is 0 Å². The monoisotopic (exact) mass is 144 g/mol. The lowest BCUT2D eigenvalue weighted by Gasteiger charge is -1.99. The van der Waals surface area contributed by atoms with Crippen LogP contribution in [-0.2, 0) is 14.3 Å². The minimum absolute atomic E-state index is 0.0938. The third-order valence-electron chi connectivity index (χ3n) is 0.772. The van der Waals surface area contributed by atoms with Crippen LogP contribution < -0.4 is 5.32 Å². The maximum absolute atomic E-state index is 10.5. The molecule has 0 atom stereocenters. The van der Waals surface area contributed by atoms with Crippen LogP contribution in [-0.4, -0.2) is 25.5 Å². The molecule has 0 spiro atoms. The summed E-state index contributed by atoms with van der Waals surface area (Å²) in [5, 5.41) is 2.08. The molecule has 0 rings (SSSR count). The maximum Gasteiger partial charge on any atom is 0.325 e. The maximum atomic E-state index is 10.5. The van der Waals surface area contributed by atoms with Crippen LogP contribution in [0, 0.1) is 0 Å². The van der Waals surface area contributed by atoms with Gasteiger partial charge in [-0.1, -0.05) is 6.92 Å². The fourth-order valence-corrected chi connectivity index (χ4v) is 0.375. The molecule has 0 saturated heterocycles. The lowest BCUT2D eigenvalue weighted by molar-refractivity contribution is -0.142. The number of hydrogen-bond acceptors (Lipinski definition) is 3. The zero-order chi connectivity index (χ0) is 7.82. The molecule has 0 unspecified atom stereocenters. The van der Waals surface area contributed by atoms with Gasteiger partial charge in [0.1, 0.15) is 6.54 Å². The molecular weight excluding hydrogens is 134 g/mol. The molecule has 4 heteroatoms. The highest BCUT2D eigenvalue weighted by Crippen LogP contribution is 1.79. The highest BCUT2D eigenvalue weighted by molar-refractivity contribution is 5.74. The fourth-order valence-electron chi connectivity index (χ4n) is 0.375. The van der Waals surface area contributed by atoms with E-state index in [0.717, 1.165) is 6.42 Å². The molecule has 1 N–H and O–H groups in total. The van der Waals surface area contributed by atoms with Crippen molar-refractivity contribution in [2.24, 2.45) is 0 Å². The Morgan fingerprint density at radius 1 is 1.70 bits per heavy atom. The first kappa shape index (κ1) is 8.94. The van der Waals surface area contributed by atoms with Gasteiger partial charge >= 0.3 is 12.4 Å². The van der Waals surface area contributed by atoms with Gasteiger partial charge in [-0.25, -0.2) is 0 Å². The van der Waals surface area contributed by atoms with Crippen molar-refractivity contribution in [3.63, 3.8) is 0 Å². The van der Waals surface area contributed by atoms with Crippen LogP contribution >= 0.6 is 0 Å². The highest BCUT2D eigenvalue weighted by atomic mass is 16.5. The van der Waals surface area contributed by atoms with Crippen LogP contribution in [0.3, 0.4) is 0 Å². The lowest BCUT2D eigenvalue weighted by Crippen LogP contribution is -2.23. The normalized spacial score (nSPS) is 8.50. The number of hydrogen-bond donors (Lipinski definition) is 1. The van der Waals surface area contributed by atoms with Gasteiger partial charge in [-0.05, 0) is 6.42 Å². The van der Waals surface area contributed by atoms with Gasteiger partial charge in [0, 0.05) is 0 Å². The van der Waals surface area contributed by atoms with E-state index in [2.05, 4.69) is 10.1 Å². The van der Waals surface area contributed by atoms with E-state index < -0.39 is 5.97 Å². The number of ether oxygens (including phenoxy) is 1. The molecule has 0 aromatic carbocycles. The Morgan fingerprint density at radius 2 is 2.40 bits per heavy atom. The molecule has 0 aliphatic heterocycles. The largest absolute Gasteiger partial charge is 0.464 e. The summed E-state index contributed by atoms with van der Waals surface area (Å²) in [5.41, 5.74) is 0. The second kappa shape index (κ2) is 6.07. The summed E-state index contributed by atoms with van der Waals surface area (Å²) < 4.78 is 4.61. The Bertz CT molecular complexity index is 114. The van der Waals surface area contributed by atoms with Crippen molar-refractivity contribution >= 4 is 12.4 Å². The Labute approximate surface area is 59.6 Å². The predicted octanol–water partition coefficient (Wildman–Crippen LogP) is -0.404. The standard InChI is InChI=1S/C6H10NO3/c1-2-3-10-6(9)4-7-5-8/h2-4H2,1H3,(H,7,8). The average molecular weight is 144 g/mol. The van der Waals surface area contributed by atoms with Crippen LogP contribution in [0.25, 0.3) is 0 Å². The van der Waals surface area contributed by atoms with Crippen molar-refractivity contribution in [2.45, 2.75) is 13.3 Å². The van der Waals surface area contributed by atoms with Crippen LogP contribution in [0.2, 0.25) is 0 Å². The topological polar surface area (TPSA) is 55.4 Å².